The van der Waals surface area contributed by atoms with Crippen molar-refractivity contribution < 1.29 is 14.3 Å². The van der Waals surface area contributed by atoms with Gasteiger partial charge >= 0.3 is 0 Å². The molecule has 3 aromatic rings. The number of benzene rings is 2. The van der Waals surface area contributed by atoms with Crippen molar-refractivity contribution in [2.75, 3.05) is 18.2 Å². The molecule has 4 rings (SSSR count). The van der Waals surface area contributed by atoms with Gasteiger partial charge in [0.1, 0.15) is 5.75 Å². The molecule has 1 aliphatic rings. The lowest BCUT2D eigenvalue weighted by atomic mass is 10.1. The van der Waals surface area contributed by atoms with Crippen molar-refractivity contribution in [3.8, 4) is 17.1 Å². The van der Waals surface area contributed by atoms with Gasteiger partial charge in [-0.1, -0.05) is 37.2 Å². The zero-order chi connectivity index (χ0) is 23.9. The first-order chi connectivity index (χ1) is 16.6. The summed E-state index contributed by atoms with van der Waals surface area (Å²) in [5.41, 5.74) is 1.93. The van der Waals surface area contributed by atoms with Crippen LogP contribution in [0.25, 0.3) is 11.4 Å². The van der Waals surface area contributed by atoms with Gasteiger partial charge in [-0.15, -0.1) is 10.2 Å². The Balaban J connectivity index is 1.44. The summed E-state index contributed by atoms with van der Waals surface area (Å²) in [5, 5.41) is 15.3. The molecular formula is C25H29N5O3S. The number of amides is 2. The van der Waals surface area contributed by atoms with Gasteiger partial charge in [0, 0.05) is 18.2 Å². The van der Waals surface area contributed by atoms with Gasteiger partial charge < -0.3 is 19.9 Å². The summed E-state index contributed by atoms with van der Waals surface area (Å²) < 4.78 is 7.30. The fraction of sp³-hybridized carbons (Fsp3) is 0.360. The Bertz CT molecular complexity index is 1140. The SMILES string of the molecule is CCCCn1c(SCC(=O)Nc2ccccc2C(=O)NC2CC2)nnc1-c1ccc(OC)cc1. The van der Waals surface area contributed by atoms with Gasteiger partial charge in [0.15, 0.2) is 11.0 Å². The van der Waals surface area contributed by atoms with Crippen LogP contribution in [0.15, 0.2) is 53.7 Å². The molecule has 0 saturated heterocycles. The van der Waals surface area contributed by atoms with Crippen molar-refractivity contribution in [1.82, 2.24) is 20.1 Å². The van der Waals surface area contributed by atoms with E-state index in [1.165, 1.54) is 11.8 Å². The van der Waals surface area contributed by atoms with E-state index in [2.05, 4.69) is 32.3 Å². The highest BCUT2D eigenvalue weighted by molar-refractivity contribution is 7.99. The molecule has 1 heterocycles. The lowest BCUT2D eigenvalue weighted by Crippen LogP contribution is -2.27. The first-order valence-corrected chi connectivity index (χ1v) is 12.5. The van der Waals surface area contributed by atoms with Crippen LogP contribution in [-0.4, -0.2) is 45.5 Å². The number of anilines is 1. The molecule has 1 fully saturated rings. The molecule has 0 radical (unpaired) electrons. The molecular weight excluding hydrogens is 450 g/mol. The third-order valence-electron chi connectivity index (χ3n) is 5.49. The average molecular weight is 480 g/mol. The second-order valence-corrected chi connectivity index (χ2v) is 9.11. The third kappa shape index (κ3) is 5.96. The topological polar surface area (TPSA) is 98.1 Å². The molecule has 1 aliphatic carbocycles. The summed E-state index contributed by atoms with van der Waals surface area (Å²) >= 11 is 1.33. The van der Waals surface area contributed by atoms with Crippen molar-refractivity contribution in [1.29, 1.82) is 0 Å². The van der Waals surface area contributed by atoms with E-state index in [-0.39, 0.29) is 23.6 Å². The largest absolute Gasteiger partial charge is 0.497 e. The molecule has 0 unspecified atom stereocenters. The monoisotopic (exact) mass is 479 g/mol. The van der Waals surface area contributed by atoms with E-state index in [9.17, 15) is 9.59 Å². The van der Waals surface area contributed by atoms with Crippen molar-refractivity contribution >= 4 is 29.3 Å². The molecule has 0 spiro atoms. The molecule has 2 N–H and O–H groups in total. The maximum Gasteiger partial charge on any atom is 0.253 e. The van der Waals surface area contributed by atoms with E-state index in [1.807, 2.05) is 24.3 Å². The van der Waals surface area contributed by atoms with Crippen LogP contribution in [-0.2, 0) is 11.3 Å². The van der Waals surface area contributed by atoms with Crippen LogP contribution in [0.5, 0.6) is 5.75 Å². The van der Waals surface area contributed by atoms with Gasteiger partial charge in [-0.05, 0) is 55.7 Å². The fourth-order valence-electron chi connectivity index (χ4n) is 3.46. The average Bonchev–Trinajstić information content (AvgIpc) is 3.58. The van der Waals surface area contributed by atoms with Gasteiger partial charge in [-0.2, -0.15) is 0 Å². The number of unbranched alkanes of at least 4 members (excludes halogenated alkanes) is 1. The number of ether oxygens (including phenoxy) is 1. The van der Waals surface area contributed by atoms with E-state index in [0.717, 1.165) is 49.4 Å². The Hall–Kier alpha value is -3.33. The molecule has 2 aromatic carbocycles. The second kappa shape index (κ2) is 11.2. The maximum absolute atomic E-state index is 12.7. The number of nitrogens with one attached hydrogen (secondary N) is 2. The minimum absolute atomic E-state index is 0.158. The highest BCUT2D eigenvalue weighted by atomic mass is 32.2. The van der Waals surface area contributed by atoms with Crippen LogP contribution >= 0.6 is 11.8 Å². The molecule has 1 saturated carbocycles. The van der Waals surface area contributed by atoms with Crippen LogP contribution in [0.2, 0.25) is 0 Å². The zero-order valence-corrected chi connectivity index (χ0v) is 20.2. The van der Waals surface area contributed by atoms with Crippen LogP contribution in [0.4, 0.5) is 5.69 Å². The Morgan fingerprint density at radius 3 is 2.59 bits per heavy atom. The zero-order valence-electron chi connectivity index (χ0n) is 19.4. The molecule has 0 atom stereocenters. The van der Waals surface area contributed by atoms with Crippen LogP contribution in [0.1, 0.15) is 43.0 Å². The predicted molar refractivity (Wildman–Crippen MR) is 133 cm³/mol. The van der Waals surface area contributed by atoms with E-state index < -0.39 is 0 Å². The molecule has 2 amide bonds. The lowest BCUT2D eigenvalue weighted by molar-refractivity contribution is -0.113. The predicted octanol–water partition coefficient (Wildman–Crippen LogP) is 4.38. The summed E-state index contributed by atoms with van der Waals surface area (Å²) in [6.07, 6.45) is 4.03. The maximum atomic E-state index is 12.7. The quantitative estimate of drug-likeness (QED) is 0.396. The van der Waals surface area contributed by atoms with Crippen molar-refractivity contribution in [2.24, 2.45) is 0 Å². The first-order valence-electron chi connectivity index (χ1n) is 11.5. The summed E-state index contributed by atoms with van der Waals surface area (Å²) in [6.45, 7) is 2.90. The van der Waals surface area contributed by atoms with Gasteiger partial charge in [0.25, 0.3) is 5.91 Å². The number of methoxy groups -OCH3 is 1. The van der Waals surface area contributed by atoms with Gasteiger partial charge in [0.2, 0.25) is 5.91 Å². The summed E-state index contributed by atoms with van der Waals surface area (Å²) in [7, 11) is 1.64. The summed E-state index contributed by atoms with van der Waals surface area (Å²) in [5.74, 6) is 1.34. The Morgan fingerprint density at radius 1 is 1.12 bits per heavy atom. The van der Waals surface area contributed by atoms with Gasteiger partial charge in [-0.25, -0.2) is 0 Å². The Kier molecular flexibility index (Phi) is 7.84. The molecule has 1 aromatic heterocycles. The third-order valence-corrected chi connectivity index (χ3v) is 6.46. The van der Waals surface area contributed by atoms with E-state index >= 15 is 0 Å². The number of rotatable bonds is 11. The summed E-state index contributed by atoms with van der Waals surface area (Å²) in [6, 6.07) is 15.0. The molecule has 9 heteroatoms. The number of hydrogen-bond acceptors (Lipinski definition) is 6. The molecule has 8 nitrogen and oxygen atoms in total. The number of aromatic nitrogens is 3. The van der Waals surface area contributed by atoms with Gasteiger partial charge in [-0.3, -0.25) is 9.59 Å². The second-order valence-electron chi connectivity index (χ2n) is 8.17. The van der Waals surface area contributed by atoms with E-state index in [4.69, 9.17) is 4.74 Å². The van der Waals surface area contributed by atoms with Crippen molar-refractivity contribution in [3.05, 3.63) is 54.1 Å². The van der Waals surface area contributed by atoms with Crippen molar-refractivity contribution in [3.63, 3.8) is 0 Å². The Morgan fingerprint density at radius 2 is 1.88 bits per heavy atom. The number of nitrogens with zero attached hydrogens (tertiary/aromatic N) is 3. The Labute approximate surface area is 203 Å². The number of thioether (sulfide) groups is 1. The molecule has 178 valence electrons. The smallest absolute Gasteiger partial charge is 0.253 e. The standard InChI is InChI=1S/C25H29N5O3S/c1-3-4-15-30-23(17-9-13-19(33-2)14-10-17)28-29-25(30)34-16-22(31)27-21-8-6-5-7-20(21)24(32)26-18-11-12-18/h5-10,13-14,18H,3-4,11-12,15-16H2,1-2H3,(H,26,32)(H,27,31). The number of hydrogen-bond donors (Lipinski definition) is 2. The van der Waals surface area contributed by atoms with Crippen molar-refractivity contribution in [2.45, 2.75) is 50.4 Å². The minimum atomic E-state index is -0.201. The van der Waals surface area contributed by atoms with Crippen LogP contribution in [0.3, 0.4) is 0 Å². The molecule has 0 bridgehead atoms. The lowest BCUT2D eigenvalue weighted by Gasteiger charge is -2.12. The number of carbonyl (C=O) groups excluding carboxylic acids is 2. The van der Waals surface area contributed by atoms with Crippen LogP contribution in [0, 0.1) is 0 Å². The number of para-hydroxylation sites is 1. The highest BCUT2D eigenvalue weighted by Gasteiger charge is 2.25. The molecule has 34 heavy (non-hydrogen) atoms. The minimum Gasteiger partial charge on any atom is -0.497 e. The van der Waals surface area contributed by atoms with E-state index in [0.29, 0.717) is 16.4 Å². The summed E-state index contributed by atoms with van der Waals surface area (Å²) in [4.78, 5) is 25.2. The molecule has 0 aliphatic heterocycles. The highest BCUT2D eigenvalue weighted by Crippen LogP contribution is 2.27. The normalized spacial score (nSPS) is 12.9. The van der Waals surface area contributed by atoms with E-state index in [1.54, 1.807) is 31.4 Å². The first kappa shape index (κ1) is 23.8. The van der Waals surface area contributed by atoms with Gasteiger partial charge in [0.05, 0.1) is 24.1 Å². The van der Waals surface area contributed by atoms with Crippen LogP contribution < -0.4 is 15.4 Å². The number of carbonyl (C=O) groups is 2. The fourth-order valence-corrected chi connectivity index (χ4v) is 4.23.